The number of rotatable bonds is 2. The van der Waals surface area contributed by atoms with Gasteiger partial charge < -0.3 is 10.0 Å². The number of hydrogen-bond acceptors (Lipinski definition) is 4. The van der Waals surface area contributed by atoms with Crippen LogP contribution in [0.15, 0.2) is 42.5 Å². The summed E-state index contributed by atoms with van der Waals surface area (Å²) in [5.41, 5.74) is 2.50. The number of benzene rings is 2. The maximum Gasteiger partial charge on any atom is 0.489 e. The van der Waals surface area contributed by atoms with Gasteiger partial charge in [-0.2, -0.15) is 0 Å². The average Bonchev–Trinajstić information content (AvgIpc) is 2.81. The third-order valence-electron chi connectivity index (χ3n) is 2.82. The molecule has 0 aliphatic carbocycles. The first-order valence-electron chi connectivity index (χ1n) is 5.66. The number of halogens is 1. The van der Waals surface area contributed by atoms with E-state index in [0.717, 1.165) is 24.4 Å². The van der Waals surface area contributed by atoms with Gasteiger partial charge in [-0.05, 0) is 46.3 Å². The lowest BCUT2D eigenvalue weighted by atomic mass is 9.80. The largest absolute Gasteiger partial charge is 0.489 e. The van der Waals surface area contributed by atoms with Crippen molar-refractivity contribution in [2.75, 3.05) is 0 Å². The molecule has 3 rings (SSSR count). The topological polar surface area (TPSA) is 53.4 Å². The Hall–Kier alpha value is -0.955. The first-order chi connectivity index (χ1) is 9.15. The van der Waals surface area contributed by atoms with Crippen LogP contribution < -0.4 is 5.46 Å². The summed E-state index contributed by atoms with van der Waals surface area (Å²) in [7, 11) is -1.43. The number of aromatic nitrogens is 1. The van der Waals surface area contributed by atoms with E-state index in [9.17, 15) is 10.0 Å². The molecule has 0 radical (unpaired) electrons. The second kappa shape index (κ2) is 5.20. The quantitative estimate of drug-likeness (QED) is 0.529. The van der Waals surface area contributed by atoms with Crippen LogP contribution >= 0.6 is 33.9 Å². The molecule has 1 aromatic heterocycles. The molecule has 0 spiro atoms. The van der Waals surface area contributed by atoms with Crippen LogP contribution in [0.25, 0.3) is 20.8 Å². The van der Waals surface area contributed by atoms with Crippen LogP contribution in [0.3, 0.4) is 0 Å². The maximum atomic E-state index is 9.22. The Kier molecular flexibility index (Phi) is 3.57. The molecule has 3 aromatic rings. The van der Waals surface area contributed by atoms with Crippen molar-refractivity contribution in [3.8, 4) is 10.6 Å². The van der Waals surface area contributed by atoms with Gasteiger partial charge in [0.2, 0.25) is 0 Å². The summed E-state index contributed by atoms with van der Waals surface area (Å²) >= 11 is 3.74. The molecule has 1 heterocycles. The minimum absolute atomic E-state index is 0.519. The molecule has 0 fully saturated rings. The van der Waals surface area contributed by atoms with E-state index in [1.54, 1.807) is 17.4 Å². The predicted octanol–water partition coefficient (Wildman–Crippen LogP) is 2.25. The van der Waals surface area contributed by atoms with E-state index < -0.39 is 7.12 Å². The molecule has 0 aliphatic rings. The second-order valence-corrected chi connectivity index (χ2v) is 6.29. The molecule has 0 saturated heterocycles. The van der Waals surface area contributed by atoms with Gasteiger partial charge in [0.1, 0.15) is 5.01 Å². The summed E-state index contributed by atoms with van der Waals surface area (Å²) in [5, 5.41) is 19.4. The van der Waals surface area contributed by atoms with Crippen molar-refractivity contribution in [2.45, 2.75) is 0 Å². The van der Waals surface area contributed by atoms with Gasteiger partial charge in [-0.15, -0.1) is 11.3 Å². The zero-order valence-corrected chi connectivity index (χ0v) is 12.7. The lowest BCUT2D eigenvalue weighted by Gasteiger charge is -2.04. The number of para-hydroxylation sites is 1. The third-order valence-corrected chi connectivity index (χ3v) is 4.84. The highest BCUT2D eigenvalue weighted by Gasteiger charge is 2.16. The fourth-order valence-electron chi connectivity index (χ4n) is 1.87. The van der Waals surface area contributed by atoms with Crippen LogP contribution in [0.1, 0.15) is 0 Å². The highest BCUT2D eigenvalue weighted by atomic mass is 127. The molecule has 2 aromatic carbocycles. The standard InChI is InChI=1S/C13H9BINO2S/c15-10-7-8(5-6-9(10)14(17)18)13-16-11-3-1-2-4-12(11)19-13/h1-7,17-18H. The Balaban J connectivity index is 2.09. The minimum atomic E-state index is -1.43. The van der Waals surface area contributed by atoms with E-state index in [2.05, 4.69) is 27.6 Å². The van der Waals surface area contributed by atoms with Gasteiger partial charge >= 0.3 is 7.12 Å². The van der Waals surface area contributed by atoms with Gasteiger partial charge in [0.15, 0.2) is 0 Å². The molecule has 0 saturated carbocycles. The van der Waals surface area contributed by atoms with Crippen LogP contribution in [0, 0.1) is 3.57 Å². The molecular weight excluding hydrogens is 372 g/mol. The summed E-state index contributed by atoms with van der Waals surface area (Å²) in [5.74, 6) is 0. The Bertz CT molecular complexity index is 711. The number of fused-ring (bicyclic) bond motifs is 1. The van der Waals surface area contributed by atoms with Crippen molar-refractivity contribution in [3.05, 3.63) is 46.0 Å². The molecule has 0 amide bonds. The van der Waals surface area contributed by atoms with Crippen molar-refractivity contribution in [1.29, 1.82) is 0 Å². The Labute approximate surface area is 128 Å². The fraction of sp³-hybridized carbons (Fsp3) is 0. The monoisotopic (exact) mass is 381 g/mol. The first kappa shape index (κ1) is 13.0. The van der Waals surface area contributed by atoms with Crippen molar-refractivity contribution < 1.29 is 10.0 Å². The van der Waals surface area contributed by atoms with Gasteiger partial charge in [-0.3, -0.25) is 0 Å². The van der Waals surface area contributed by atoms with Gasteiger partial charge in [0.25, 0.3) is 0 Å². The average molecular weight is 381 g/mol. The molecule has 19 heavy (non-hydrogen) atoms. The molecule has 0 bridgehead atoms. The minimum Gasteiger partial charge on any atom is -0.423 e. The van der Waals surface area contributed by atoms with E-state index in [0.29, 0.717) is 5.46 Å². The smallest absolute Gasteiger partial charge is 0.423 e. The van der Waals surface area contributed by atoms with Crippen molar-refractivity contribution in [3.63, 3.8) is 0 Å². The van der Waals surface area contributed by atoms with Crippen molar-refractivity contribution in [2.24, 2.45) is 0 Å². The van der Waals surface area contributed by atoms with Crippen molar-refractivity contribution >= 4 is 56.7 Å². The second-order valence-electron chi connectivity index (χ2n) is 4.10. The van der Waals surface area contributed by atoms with Gasteiger partial charge in [-0.25, -0.2) is 4.98 Å². The SMILES string of the molecule is OB(O)c1ccc(-c2nc3ccccc3s2)cc1I. The predicted molar refractivity (Wildman–Crippen MR) is 87.6 cm³/mol. The summed E-state index contributed by atoms with van der Waals surface area (Å²) in [4.78, 5) is 4.59. The lowest BCUT2D eigenvalue weighted by molar-refractivity contribution is 0.425. The van der Waals surface area contributed by atoms with Crippen LogP contribution in [0.2, 0.25) is 0 Å². The molecule has 0 aliphatic heterocycles. The van der Waals surface area contributed by atoms with E-state index in [1.807, 2.05) is 36.4 Å². The summed E-state index contributed by atoms with van der Waals surface area (Å²) in [6.45, 7) is 0. The normalized spacial score (nSPS) is 10.9. The number of hydrogen-bond donors (Lipinski definition) is 2. The van der Waals surface area contributed by atoms with E-state index >= 15 is 0 Å². The van der Waals surface area contributed by atoms with E-state index in [1.165, 1.54) is 0 Å². The number of nitrogens with zero attached hydrogens (tertiary/aromatic N) is 1. The molecule has 0 atom stereocenters. The molecular formula is C13H9BINO2S. The van der Waals surface area contributed by atoms with Crippen LogP contribution in [-0.4, -0.2) is 22.2 Å². The molecule has 6 heteroatoms. The fourth-order valence-corrected chi connectivity index (χ4v) is 3.62. The summed E-state index contributed by atoms with van der Waals surface area (Å²) < 4.78 is 1.98. The number of thiazole rings is 1. The van der Waals surface area contributed by atoms with Gasteiger partial charge in [0, 0.05) is 9.13 Å². The van der Waals surface area contributed by atoms with Crippen molar-refractivity contribution in [1.82, 2.24) is 4.98 Å². The first-order valence-corrected chi connectivity index (χ1v) is 7.56. The van der Waals surface area contributed by atoms with Crippen LogP contribution in [0.4, 0.5) is 0 Å². The van der Waals surface area contributed by atoms with Crippen LogP contribution in [-0.2, 0) is 0 Å². The summed E-state index contributed by atoms with van der Waals surface area (Å²) in [6, 6.07) is 13.5. The highest BCUT2D eigenvalue weighted by Crippen LogP contribution is 2.30. The zero-order valence-electron chi connectivity index (χ0n) is 9.75. The lowest BCUT2D eigenvalue weighted by Crippen LogP contribution is -2.32. The molecule has 94 valence electrons. The Morgan fingerprint density at radius 1 is 1.11 bits per heavy atom. The zero-order chi connectivity index (χ0) is 13.4. The van der Waals surface area contributed by atoms with E-state index in [-0.39, 0.29) is 0 Å². The molecule has 0 unspecified atom stereocenters. The van der Waals surface area contributed by atoms with Gasteiger partial charge in [0.05, 0.1) is 10.2 Å². The highest BCUT2D eigenvalue weighted by molar-refractivity contribution is 14.1. The van der Waals surface area contributed by atoms with Gasteiger partial charge in [-0.1, -0.05) is 24.3 Å². The Morgan fingerprint density at radius 2 is 1.89 bits per heavy atom. The Morgan fingerprint density at radius 3 is 2.58 bits per heavy atom. The molecule has 2 N–H and O–H groups in total. The third kappa shape index (κ3) is 2.53. The van der Waals surface area contributed by atoms with Crippen LogP contribution in [0.5, 0.6) is 0 Å². The molecule has 3 nitrogen and oxygen atoms in total. The maximum absolute atomic E-state index is 9.22. The van der Waals surface area contributed by atoms with E-state index in [4.69, 9.17) is 0 Å². The summed E-state index contributed by atoms with van der Waals surface area (Å²) in [6.07, 6.45) is 0.